The van der Waals surface area contributed by atoms with Gasteiger partial charge in [-0.1, -0.05) is 55.3 Å². The third kappa shape index (κ3) is 9.82. The molecule has 0 unspecified atom stereocenters. The molecule has 0 saturated heterocycles. The maximum Gasteiger partial charge on any atom is 0.269 e. The number of nitro benzene ring substituents is 1. The number of benzene rings is 3. The summed E-state index contributed by atoms with van der Waals surface area (Å²) in [5, 5.41) is 35.6. The third-order valence-electron chi connectivity index (χ3n) is 10.9. The van der Waals surface area contributed by atoms with E-state index in [1.165, 1.54) is 17.0 Å². The molecule has 3 aromatic rings. The van der Waals surface area contributed by atoms with Gasteiger partial charge in [0.15, 0.2) is 0 Å². The van der Waals surface area contributed by atoms with Crippen LogP contribution < -0.4 is 9.47 Å². The van der Waals surface area contributed by atoms with Gasteiger partial charge in [0.25, 0.3) is 5.69 Å². The number of non-ortho nitro benzene ring substituents is 1. The number of aliphatic hydroxyl groups excluding tert-OH is 2. The van der Waals surface area contributed by atoms with Gasteiger partial charge in [0.1, 0.15) is 18.1 Å². The highest BCUT2D eigenvalue weighted by atomic mass is 32.2. The van der Waals surface area contributed by atoms with E-state index in [0.29, 0.717) is 19.6 Å². The molecular weight excluding hydrogens is 749 g/mol. The van der Waals surface area contributed by atoms with Crippen molar-refractivity contribution < 1.29 is 34.2 Å². The lowest BCUT2D eigenvalue weighted by Crippen LogP contribution is -2.64. The van der Waals surface area contributed by atoms with E-state index >= 15 is 0 Å². The summed E-state index contributed by atoms with van der Waals surface area (Å²) in [5.74, 6) is 2.32. The fourth-order valence-corrected chi connectivity index (χ4v) is 10.4. The number of nitrogens with zero attached hydrogens (tertiary/aromatic N) is 2. The van der Waals surface area contributed by atoms with Gasteiger partial charge in [0.2, 0.25) is 5.79 Å². The summed E-state index contributed by atoms with van der Waals surface area (Å²) in [5.41, 5.74) is 3.80. The molecule has 0 aromatic heterocycles. The Hall–Kier alpha value is -3.81. The predicted octanol–water partition coefficient (Wildman–Crippen LogP) is 9.35. The normalized spacial score (nSPS) is 24.4. The number of unbranched alkanes of at least 4 members (excludes halogenated alkanes) is 2. The molecule has 10 nitrogen and oxygen atoms in total. The predicted molar refractivity (Wildman–Crippen MR) is 224 cm³/mol. The van der Waals surface area contributed by atoms with E-state index in [-0.39, 0.29) is 54.4 Å². The fraction of sp³-hybridized carbons (Fsp3) is 0.477. The summed E-state index contributed by atoms with van der Waals surface area (Å²) in [7, 11) is 0. The molecule has 6 atom stereocenters. The average molecular weight is 803 g/mol. The van der Waals surface area contributed by atoms with Crippen LogP contribution in [-0.4, -0.2) is 69.8 Å². The number of allylic oxidation sites excluding steroid dienone is 1. The van der Waals surface area contributed by atoms with E-state index < -0.39 is 10.7 Å². The first-order valence-corrected chi connectivity index (χ1v) is 21.8. The minimum atomic E-state index is -1.02. The number of rotatable bonds is 22. The van der Waals surface area contributed by atoms with Crippen molar-refractivity contribution in [1.29, 1.82) is 0 Å². The van der Waals surface area contributed by atoms with E-state index in [9.17, 15) is 20.3 Å². The summed E-state index contributed by atoms with van der Waals surface area (Å²) < 4.78 is 20.6. The molecule has 1 saturated carbocycles. The first-order valence-electron chi connectivity index (χ1n) is 19.8. The van der Waals surface area contributed by atoms with E-state index in [2.05, 4.69) is 37.8 Å². The lowest BCUT2D eigenvalue weighted by atomic mass is 9.56. The molecule has 6 rings (SSSR count). The van der Waals surface area contributed by atoms with Gasteiger partial charge in [0, 0.05) is 53.9 Å². The van der Waals surface area contributed by atoms with Crippen LogP contribution in [0, 0.1) is 27.9 Å². The van der Waals surface area contributed by atoms with E-state index in [0.717, 1.165) is 83.9 Å². The van der Waals surface area contributed by atoms with Gasteiger partial charge in [-0.15, -0.1) is 18.3 Å². The molecule has 0 bridgehead atoms. The van der Waals surface area contributed by atoms with Crippen LogP contribution in [0.15, 0.2) is 107 Å². The summed E-state index contributed by atoms with van der Waals surface area (Å²) in [6.07, 6.45) is 9.69. The van der Waals surface area contributed by atoms with E-state index in [1.54, 1.807) is 41.7 Å². The average Bonchev–Trinajstić information content (AvgIpc) is 3.21. The fourth-order valence-electron chi connectivity index (χ4n) is 8.50. The lowest BCUT2D eigenvalue weighted by Gasteiger charge is -2.58. The van der Waals surface area contributed by atoms with Crippen molar-refractivity contribution in [2.75, 3.05) is 37.9 Å². The molecule has 2 aliphatic carbocycles. The van der Waals surface area contributed by atoms with Gasteiger partial charge < -0.3 is 29.3 Å². The molecule has 0 radical (unpaired) electrons. The molecule has 56 heavy (non-hydrogen) atoms. The second kappa shape index (κ2) is 20.6. The number of thioether (sulfide) groups is 2. The van der Waals surface area contributed by atoms with Crippen LogP contribution in [0.2, 0.25) is 0 Å². The first-order chi connectivity index (χ1) is 27.4. The number of nitro groups is 1. The van der Waals surface area contributed by atoms with Crippen LogP contribution in [-0.2, 0) is 16.2 Å². The number of ether oxygens (including phenoxy) is 3. The molecule has 1 fully saturated rings. The highest BCUT2D eigenvalue weighted by molar-refractivity contribution is 8.00. The van der Waals surface area contributed by atoms with Gasteiger partial charge in [0.05, 0.1) is 35.0 Å². The molecule has 12 heteroatoms. The van der Waals surface area contributed by atoms with Crippen LogP contribution in [0.25, 0.3) is 0 Å². The van der Waals surface area contributed by atoms with Crippen molar-refractivity contribution in [3.8, 4) is 11.5 Å². The van der Waals surface area contributed by atoms with E-state index in [1.807, 2.05) is 30.3 Å². The molecule has 2 N–H and O–H groups in total. The third-order valence-corrected chi connectivity index (χ3v) is 13.1. The molecule has 3 aromatic carbocycles. The maximum absolute atomic E-state index is 11.2. The Morgan fingerprint density at radius 1 is 1.04 bits per heavy atom. The Balaban J connectivity index is 1.41. The molecular formula is C44H54N2O8S2. The monoisotopic (exact) mass is 802 g/mol. The number of hydrogen-bond acceptors (Lipinski definition) is 11. The van der Waals surface area contributed by atoms with Crippen molar-refractivity contribution in [2.24, 2.45) is 22.9 Å². The topological polar surface area (TPSA) is 133 Å². The summed E-state index contributed by atoms with van der Waals surface area (Å²) in [6.45, 7) is 7.45. The summed E-state index contributed by atoms with van der Waals surface area (Å²) in [4.78, 5) is 18.1. The van der Waals surface area contributed by atoms with Crippen molar-refractivity contribution in [3.63, 3.8) is 0 Å². The molecule has 0 amide bonds. The first kappa shape index (κ1) is 41.8. The zero-order chi connectivity index (χ0) is 39.3. The van der Waals surface area contributed by atoms with E-state index in [4.69, 9.17) is 24.2 Å². The van der Waals surface area contributed by atoms with Crippen molar-refractivity contribution in [3.05, 3.63) is 118 Å². The van der Waals surface area contributed by atoms with Gasteiger partial charge >= 0.3 is 0 Å². The molecule has 300 valence electrons. The van der Waals surface area contributed by atoms with Gasteiger partial charge in [-0.2, -0.15) is 11.8 Å². The zero-order valence-corrected chi connectivity index (χ0v) is 33.8. The minimum absolute atomic E-state index is 0.0243. The zero-order valence-electron chi connectivity index (χ0n) is 32.1. The van der Waals surface area contributed by atoms with Gasteiger partial charge in [-0.25, -0.2) is 0 Å². The van der Waals surface area contributed by atoms with Crippen molar-refractivity contribution in [1.82, 2.24) is 0 Å². The highest BCUT2D eigenvalue weighted by Crippen LogP contribution is 2.62. The van der Waals surface area contributed by atoms with Crippen LogP contribution in [0.5, 0.6) is 11.5 Å². The Bertz CT molecular complexity index is 1810. The summed E-state index contributed by atoms with van der Waals surface area (Å²) >= 11 is 3.56. The number of fused-ring (bicyclic) bond motifs is 2. The van der Waals surface area contributed by atoms with Crippen LogP contribution >= 0.6 is 23.5 Å². The number of hydrogen-bond donors (Lipinski definition) is 2. The molecule has 0 spiro atoms. The number of aliphatic hydroxyl groups is 2. The molecule has 3 aliphatic rings. The molecule has 1 aliphatic heterocycles. The molecule has 1 heterocycles. The lowest BCUT2D eigenvalue weighted by molar-refractivity contribution is -0.384. The van der Waals surface area contributed by atoms with Crippen LogP contribution in [0.4, 0.5) is 5.69 Å². The minimum Gasteiger partial charge on any atom is -0.493 e. The summed E-state index contributed by atoms with van der Waals surface area (Å²) in [6, 6.07) is 22.9. The standard InChI is InChI=1S/C44H54N2O8S2/c1-3-24-52-44-41(55-4-2)29-39(45-53-30-31-16-18-33(19-17-31)46(49)50)37-27-32(12-8-10-22-47)36(15-9-11-23-48)42(43(37)44)38-28-34(20-21-40(38)54-44)51-25-26-56-35-13-6-5-7-14-35/h3,5-7,13-14,16-21,27-28,32,36,41-43,47-48H,1,4,8-12,15,22-26,29-30H2,2H3/t32-,36+,41-,42+,43+,44+/m0/s1. The Morgan fingerprint density at radius 3 is 2.52 bits per heavy atom. The van der Waals surface area contributed by atoms with Gasteiger partial charge in [-0.3, -0.25) is 10.1 Å². The van der Waals surface area contributed by atoms with Crippen LogP contribution in [0.1, 0.15) is 68.9 Å². The Morgan fingerprint density at radius 2 is 1.80 bits per heavy atom. The van der Waals surface area contributed by atoms with Crippen molar-refractivity contribution in [2.45, 2.75) is 80.3 Å². The largest absolute Gasteiger partial charge is 0.493 e. The number of oxime groups is 1. The highest BCUT2D eigenvalue weighted by Gasteiger charge is 2.63. The Kier molecular flexibility index (Phi) is 15.4. The SMILES string of the molecule is C=CCO[C@@]12Oc3ccc(OCCSc4ccccc4)cc3[C@H]3[C@H](CCCCO)[C@@H](CCCCO)C=C(C(=NOCc4ccc([N+](=O)[O-])cc4)C[C@@H]1SCC)[C@H]32. The Labute approximate surface area is 338 Å². The maximum atomic E-state index is 11.2. The van der Waals surface area contributed by atoms with Crippen molar-refractivity contribution >= 4 is 34.9 Å². The van der Waals surface area contributed by atoms with Gasteiger partial charge in [-0.05, 0) is 96.9 Å². The smallest absolute Gasteiger partial charge is 0.269 e. The van der Waals surface area contributed by atoms with Crippen LogP contribution in [0.3, 0.4) is 0 Å². The quantitative estimate of drug-likeness (QED) is 0.0333. The second-order valence-corrected chi connectivity index (χ2v) is 17.1. The second-order valence-electron chi connectivity index (χ2n) is 14.4.